The normalized spacial score (nSPS) is 15.3. The molecule has 4 heterocycles. The van der Waals surface area contributed by atoms with Crippen LogP contribution in [0.5, 0.6) is 5.88 Å². The number of piperazine rings is 1. The van der Waals surface area contributed by atoms with E-state index >= 15 is 0 Å². The molecule has 1 fully saturated rings. The molecule has 2 aliphatic rings. The molecule has 4 N–H and O–H groups in total. The summed E-state index contributed by atoms with van der Waals surface area (Å²) < 4.78 is 10.8. The highest BCUT2D eigenvalue weighted by Crippen LogP contribution is 2.34. The molecule has 12 nitrogen and oxygen atoms in total. The summed E-state index contributed by atoms with van der Waals surface area (Å²) in [5.41, 5.74) is 3.23. The van der Waals surface area contributed by atoms with E-state index in [-0.39, 0.29) is 11.4 Å². The number of carbonyl (C=O) groups is 1. The molecular formula is C26H32N8O4. The molecular weight excluding hydrogens is 488 g/mol. The van der Waals surface area contributed by atoms with Gasteiger partial charge in [0.2, 0.25) is 5.88 Å². The summed E-state index contributed by atoms with van der Waals surface area (Å²) in [6.07, 6.45) is 2.86. The number of rotatable bonds is 8. The number of hydrogen-bond donors (Lipinski definition) is 4. The van der Waals surface area contributed by atoms with Crippen LogP contribution in [0.3, 0.4) is 0 Å². The minimum atomic E-state index is -0.564. The molecule has 2 aliphatic heterocycles. The number of carbonyl (C=O) groups excluding carboxylic acids is 1. The average molecular weight is 521 g/mol. The highest BCUT2D eigenvalue weighted by molar-refractivity contribution is 6.07. The second kappa shape index (κ2) is 11.5. The van der Waals surface area contributed by atoms with E-state index in [2.05, 4.69) is 40.7 Å². The lowest BCUT2D eigenvalue weighted by Crippen LogP contribution is -2.47. The monoisotopic (exact) mass is 520 g/mol. The van der Waals surface area contributed by atoms with Gasteiger partial charge in [-0.3, -0.25) is 14.5 Å². The van der Waals surface area contributed by atoms with Crippen molar-refractivity contribution >= 4 is 34.5 Å². The van der Waals surface area contributed by atoms with Crippen LogP contribution in [0.4, 0.5) is 28.6 Å². The van der Waals surface area contributed by atoms with E-state index in [1.807, 2.05) is 31.2 Å². The molecule has 0 unspecified atom stereocenters. The first kappa shape index (κ1) is 25.5. The van der Waals surface area contributed by atoms with Gasteiger partial charge in [-0.2, -0.15) is 0 Å². The number of amides is 1. The fourth-order valence-electron chi connectivity index (χ4n) is 4.58. The Morgan fingerprint density at radius 3 is 2.71 bits per heavy atom. The zero-order valence-electron chi connectivity index (χ0n) is 21.5. The van der Waals surface area contributed by atoms with Crippen LogP contribution in [0.2, 0.25) is 0 Å². The number of aromatic nitrogens is 3. The van der Waals surface area contributed by atoms with E-state index in [0.717, 1.165) is 56.3 Å². The first-order valence-electron chi connectivity index (χ1n) is 12.6. The molecule has 1 aromatic carbocycles. The van der Waals surface area contributed by atoms with E-state index in [1.165, 1.54) is 6.33 Å². The average Bonchev–Trinajstić information content (AvgIpc) is 2.94. The number of methoxy groups -OCH3 is 1. The van der Waals surface area contributed by atoms with Gasteiger partial charge in [-0.15, -0.1) is 0 Å². The van der Waals surface area contributed by atoms with Crippen molar-refractivity contribution in [2.24, 2.45) is 0 Å². The summed E-state index contributed by atoms with van der Waals surface area (Å²) in [7, 11) is 1.72. The molecule has 200 valence electrons. The summed E-state index contributed by atoms with van der Waals surface area (Å²) in [5.74, 6) is 0.0923. The minimum absolute atomic E-state index is 0.120. The number of hydrogen-bond acceptors (Lipinski definition) is 10. The van der Waals surface area contributed by atoms with Gasteiger partial charge in [0.05, 0.1) is 24.8 Å². The number of nitrogens with one attached hydrogen (secondary N) is 4. The highest BCUT2D eigenvalue weighted by Gasteiger charge is 2.22. The molecule has 5 rings (SSSR count). The van der Waals surface area contributed by atoms with Crippen LogP contribution in [-0.4, -0.2) is 85.4 Å². The summed E-state index contributed by atoms with van der Waals surface area (Å²) in [6, 6.07) is 7.63. The molecule has 3 aromatic rings. The van der Waals surface area contributed by atoms with Crippen molar-refractivity contribution in [3.05, 3.63) is 58.3 Å². The largest absolute Gasteiger partial charge is 0.474 e. The second-order valence-corrected chi connectivity index (χ2v) is 9.16. The number of pyridine rings is 1. The van der Waals surface area contributed by atoms with Crippen molar-refractivity contribution < 1.29 is 14.3 Å². The van der Waals surface area contributed by atoms with Crippen LogP contribution in [0.1, 0.15) is 15.9 Å². The Kier molecular flexibility index (Phi) is 7.70. The van der Waals surface area contributed by atoms with Gasteiger partial charge in [-0.25, -0.2) is 9.97 Å². The van der Waals surface area contributed by atoms with Crippen molar-refractivity contribution in [3.8, 4) is 5.88 Å². The van der Waals surface area contributed by atoms with Gasteiger partial charge in [-0.1, -0.05) is 0 Å². The number of anilines is 5. The van der Waals surface area contributed by atoms with Crippen molar-refractivity contribution in [1.29, 1.82) is 0 Å². The topological polar surface area (TPSA) is 137 Å². The van der Waals surface area contributed by atoms with Crippen molar-refractivity contribution in [3.63, 3.8) is 0 Å². The minimum Gasteiger partial charge on any atom is -0.474 e. The van der Waals surface area contributed by atoms with Gasteiger partial charge in [0.1, 0.15) is 17.9 Å². The molecule has 0 spiro atoms. The zero-order valence-corrected chi connectivity index (χ0v) is 21.5. The molecule has 0 atom stereocenters. The van der Waals surface area contributed by atoms with Gasteiger partial charge in [0, 0.05) is 63.3 Å². The zero-order chi connectivity index (χ0) is 26.5. The third kappa shape index (κ3) is 5.55. The summed E-state index contributed by atoms with van der Waals surface area (Å²) in [5, 5.41) is 9.19. The van der Waals surface area contributed by atoms with E-state index in [9.17, 15) is 9.59 Å². The lowest BCUT2D eigenvalue weighted by molar-refractivity contribution is 0.102. The number of H-pyrrole nitrogens is 1. The number of ether oxygens (including phenoxy) is 2. The second-order valence-electron chi connectivity index (χ2n) is 9.16. The molecule has 0 bridgehead atoms. The van der Waals surface area contributed by atoms with Gasteiger partial charge in [0.15, 0.2) is 5.82 Å². The lowest BCUT2D eigenvalue weighted by atomic mass is 10.1. The molecule has 0 aliphatic carbocycles. The third-order valence-corrected chi connectivity index (χ3v) is 6.75. The predicted octanol–water partition coefficient (Wildman–Crippen LogP) is 2.04. The van der Waals surface area contributed by atoms with Crippen molar-refractivity contribution in [1.82, 2.24) is 19.9 Å². The lowest BCUT2D eigenvalue weighted by Gasteiger charge is -2.36. The predicted molar refractivity (Wildman–Crippen MR) is 146 cm³/mol. The van der Waals surface area contributed by atoms with Crippen molar-refractivity contribution in [2.75, 3.05) is 80.4 Å². The van der Waals surface area contributed by atoms with Crippen LogP contribution in [-0.2, 0) is 4.74 Å². The highest BCUT2D eigenvalue weighted by atomic mass is 16.5. The summed E-state index contributed by atoms with van der Waals surface area (Å²) in [6.45, 7) is 8.58. The molecule has 2 aromatic heterocycles. The maximum absolute atomic E-state index is 13.2. The van der Waals surface area contributed by atoms with E-state index < -0.39 is 11.5 Å². The smallest absolute Gasteiger partial charge is 0.265 e. The maximum atomic E-state index is 13.2. The molecule has 38 heavy (non-hydrogen) atoms. The summed E-state index contributed by atoms with van der Waals surface area (Å²) >= 11 is 0. The molecule has 0 saturated carbocycles. The Morgan fingerprint density at radius 1 is 1.16 bits per heavy atom. The molecule has 12 heteroatoms. The Balaban J connectivity index is 1.27. The van der Waals surface area contributed by atoms with Crippen molar-refractivity contribution in [2.45, 2.75) is 6.92 Å². The molecule has 1 saturated heterocycles. The van der Waals surface area contributed by atoms with E-state index in [0.29, 0.717) is 30.4 Å². The summed E-state index contributed by atoms with van der Waals surface area (Å²) in [4.78, 5) is 41.6. The fraction of sp³-hybridized carbons (Fsp3) is 0.385. The number of fused-ring (bicyclic) bond motifs is 1. The SMILES string of the molecule is COCCN1CCN(c2ccc(NC(=O)c3c(Nc4cnc5c(c4C)NCCO5)nc[nH]c3=O)cc2)CC1. The first-order chi connectivity index (χ1) is 18.5. The Bertz CT molecular complexity index is 1340. The third-order valence-electron chi connectivity index (χ3n) is 6.75. The standard InChI is InChI=1S/C26H32N8O4/c1-17-20(15-28-26-22(17)27-7-13-38-26)32-23-21(24(35)30-16-29-23)25(36)31-18-3-5-19(6-4-18)34-10-8-33(9-11-34)12-14-37-2/h3-6,15-16,27H,7-14H2,1-2H3,(H,31,36)(H2,29,30,32,35). The Hall–Kier alpha value is -4.16. The molecule has 1 amide bonds. The van der Waals surface area contributed by atoms with Gasteiger partial charge >= 0.3 is 0 Å². The van der Waals surface area contributed by atoms with E-state index in [4.69, 9.17) is 9.47 Å². The Morgan fingerprint density at radius 2 is 1.95 bits per heavy atom. The van der Waals surface area contributed by atoms with Crippen LogP contribution in [0.15, 0.2) is 41.6 Å². The number of nitrogens with zero attached hydrogens (tertiary/aromatic N) is 4. The van der Waals surface area contributed by atoms with Crippen LogP contribution in [0, 0.1) is 6.92 Å². The van der Waals surface area contributed by atoms with Crippen LogP contribution < -0.4 is 31.1 Å². The van der Waals surface area contributed by atoms with Crippen LogP contribution >= 0.6 is 0 Å². The molecule has 0 radical (unpaired) electrons. The number of aromatic amines is 1. The van der Waals surface area contributed by atoms with E-state index in [1.54, 1.807) is 13.3 Å². The van der Waals surface area contributed by atoms with Gasteiger partial charge in [-0.05, 0) is 31.2 Å². The van der Waals surface area contributed by atoms with Crippen LogP contribution in [0.25, 0.3) is 0 Å². The first-order valence-corrected chi connectivity index (χ1v) is 12.6. The van der Waals surface area contributed by atoms with Gasteiger partial charge in [0.25, 0.3) is 11.5 Å². The number of benzene rings is 1. The Labute approximate surface area is 220 Å². The van der Waals surface area contributed by atoms with Gasteiger partial charge < -0.3 is 35.3 Å². The maximum Gasteiger partial charge on any atom is 0.265 e. The quantitative estimate of drug-likeness (QED) is 0.349. The fourth-order valence-corrected chi connectivity index (χ4v) is 4.58.